The maximum Gasteiger partial charge on any atom is 0.332 e. The molecule has 0 aliphatic carbocycles. The fourth-order valence-electron chi connectivity index (χ4n) is 1.06. The number of carbonyl (C=O) groups is 2. The summed E-state index contributed by atoms with van der Waals surface area (Å²) in [6.07, 6.45) is -0.279. The fraction of sp³-hybridized carbons (Fsp3) is 0.800. The van der Waals surface area contributed by atoms with Crippen LogP contribution in [0, 0.1) is 0 Å². The van der Waals surface area contributed by atoms with Crippen molar-refractivity contribution in [3.05, 3.63) is 0 Å². The summed E-state index contributed by atoms with van der Waals surface area (Å²) < 4.78 is 14.5. The molecule has 0 aliphatic rings. The number of hydrogen-bond donors (Lipinski definition) is 2. The van der Waals surface area contributed by atoms with E-state index in [0.29, 0.717) is 6.61 Å². The molecule has 0 aromatic carbocycles. The van der Waals surface area contributed by atoms with E-state index < -0.39 is 17.9 Å². The Labute approximate surface area is 101 Å². The first kappa shape index (κ1) is 15.8. The first-order valence-corrected chi connectivity index (χ1v) is 5.28. The van der Waals surface area contributed by atoms with Crippen molar-refractivity contribution in [3.63, 3.8) is 0 Å². The molecule has 0 spiro atoms. The second kappa shape index (κ2) is 8.91. The molecule has 0 radical (unpaired) electrons. The van der Waals surface area contributed by atoms with Crippen LogP contribution in [0.4, 0.5) is 0 Å². The summed E-state index contributed by atoms with van der Waals surface area (Å²) >= 11 is 0. The molecule has 0 aliphatic heterocycles. The van der Waals surface area contributed by atoms with Gasteiger partial charge in [-0.3, -0.25) is 4.79 Å². The highest BCUT2D eigenvalue weighted by molar-refractivity contribution is 6.01. The van der Waals surface area contributed by atoms with Gasteiger partial charge in [-0.15, -0.1) is 0 Å². The van der Waals surface area contributed by atoms with Gasteiger partial charge in [-0.25, -0.2) is 4.79 Å². The molecular weight excluding hydrogens is 228 g/mol. The van der Waals surface area contributed by atoms with Crippen molar-refractivity contribution in [2.45, 2.75) is 19.1 Å². The Morgan fingerprint density at radius 1 is 1.35 bits per heavy atom. The number of rotatable bonds is 8. The van der Waals surface area contributed by atoms with Crippen LogP contribution < -0.4 is 11.1 Å². The molecule has 7 heteroatoms. The van der Waals surface area contributed by atoms with Gasteiger partial charge in [0, 0.05) is 20.8 Å². The van der Waals surface area contributed by atoms with Crippen LogP contribution in [-0.4, -0.2) is 58.0 Å². The lowest BCUT2D eigenvalue weighted by molar-refractivity contribution is -0.148. The predicted molar refractivity (Wildman–Crippen MR) is 60.3 cm³/mol. The Bertz CT molecular complexity index is 247. The third-order valence-corrected chi connectivity index (χ3v) is 2.01. The molecule has 1 amide bonds. The van der Waals surface area contributed by atoms with E-state index in [4.69, 9.17) is 15.2 Å². The summed E-state index contributed by atoms with van der Waals surface area (Å²) in [7, 11) is 3.03. The lowest BCUT2D eigenvalue weighted by Crippen LogP contribution is -2.49. The van der Waals surface area contributed by atoms with E-state index in [-0.39, 0.29) is 19.3 Å². The highest BCUT2D eigenvalue weighted by Crippen LogP contribution is 1.91. The van der Waals surface area contributed by atoms with E-state index >= 15 is 0 Å². The molecule has 0 saturated carbocycles. The van der Waals surface area contributed by atoms with Gasteiger partial charge >= 0.3 is 5.97 Å². The summed E-state index contributed by atoms with van der Waals surface area (Å²) in [6.45, 7) is 2.38. The Morgan fingerprint density at radius 3 is 2.47 bits per heavy atom. The number of esters is 1. The average molecular weight is 248 g/mol. The smallest absolute Gasteiger partial charge is 0.332 e. The lowest BCUT2D eigenvalue weighted by Gasteiger charge is -2.16. The largest absolute Gasteiger partial charge is 0.464 e. The van der Waals surface area contributed by atoms with Crippen molar-refractivity contribution in [2.24, 2.45) is 5.73 Å². The summed E-state index contributed by atoms with van der Waals surface area (Å²) in [6, 6.07) is -1.31. The zero-order valence-electron chi connectivity index (χ0n) is 10.4. The van der Waals surface area contributed by atoms with Crippen LogP contribution in [0.15, 0.2) is 0 Å². The molecule has 0 heterocycles. The van der Waals surface area contributed by atoms with Crippen LogP contribution in [-0.2, 0) is 23.8 Å². The Kier molecular flexibility index (Phi) is 8.29. The number of hydrogen-bond acceptors (Lipinski definition) is 6. The van der Waals surface area contributed by atoms with Crippen molar-refractivity contribution in [3.8, 4) is 0 Å². The molecule has 0 aromatic rings. The van der Waals surface area contributed by atoms with Gasteiger partial charge in [-0.05, 0) is 6.92 Å². The molecule has 0 fully saturated rings. The number of methoxy groups -OCH3 is 2. The number of carbonyl (C=O) groups excluding carboxylic acids is 2. The van der Waals surface area contributed by atoms with Crippen molar-refractivity contribution in [2.75, 3.05) is 34.0 Å². The number of ether oxygens (including phenoxy) is 3. The van der Waals surface area contributed by atoms with E-state index in [0.717, 1.165) is 0 Å². The lowest BCUT2D eigenvalue weighted by atomic mass is 10.3. The van der Waals surface area contributed by atoms with Gasteiger partial charge in [-0.2, -0.15) is 0 Å². The number of nitrogens with one attached hydrogen (secondary N) is 1. The molecule has 17 heavy (non-hydrogen) atoms. The van der Waals surface area contributed by atoms with Crippen molar-refractivity contribution in [1.29, 1.82) is 0 Å². The fourth-order valence-corrected chi connectivity index (χ4v) is 1.06. The maximum atomic E-state index is 11.5. The van der Waals surface area contributed by atoms with Gasteiger partial charge in [0.25, 0.3) is 0 Å². The van der Waals surface area contributed by atoms with Gasteiger partial charge in [0.1, 0.15) is 0 Å². The highest BCUT2D eigenvalue weighted by atomic mass is 16.5. The molecule has 0 bridgehead atoms. The molecule has 2 atom stereocenters. The molecule has 100 valence electrons. The van der Waals surface area contributed by atoms with Crippen LogP contribution in [0.3, 0.4) is 0 Å². The molecule has 0 rings (SSSR count). The minimum Gasteiger partial charge on any atom is -0.464 e. The van der Waals surface area contributed by atoms with Gasteiger partial charge in [0.15, 0.2) is 6.04 Å². The minimum atomic E-state index is -1.31. The van der Waals surface area contributed by atoms with Crippen molar-refractivity contribution >= 4 is 11.9 Å². The third kappa shape index (κ3) is 6.20. The van der Waals surface area contributed by atoms with Crippen LogP contribution in [0.5, 0.6) is 0 Å². The topological polar surface area (TPSA) is 99.9 Å². The van der Waals surface area contributed by atoms with Crippen LogP contribution in [0.25, 0.3) is 0 Å². The third-order valence-electron chi connectivity index (χ3n) is 2.01. The Balaban J connectivity index is 4.03. The second-order valence-corrected chi connectivity index (χ2v) is 3.29. The van der Waals surface area contributed by atoms with Crippen LogP contribution in [0.1, 0.15) is 6.92 Å². The molecule has 0 saturated heterocycles. The van der Waals surface area contributed by atoms with Gasteiger partial charge in [0.05, 0.1) is 19.3 Å². The highest BCUT2D eigenvalue weighted by Gasteiger charge is 2.23. The zero-order valence-corrected chi connectivity index (χ0v) is 10.4. The summed E-state index contributed by atoms with van der Waals surface area (Å²) in [5.41, 5.74) is 5.39. The van der Waals surface area contributed by atoms with Crippen molar-refractivity contribution < 1.29 is 23.8 Å². The van der Waals surface area contributed by atoms with E-state index in [1.54, 1.807) is 6.92 Å². The molecular formula is C10H20N2O5. The summed E-state index contributed by atoms with van der Waals surface area (Å²) in [5.74, 6) is -1.34. The first-order chi connectivity index (χ1) is 8.06. The zero-order chi connectivity index (χ0) is 13.3. The van der Waals surface area contributed by atoms with E-state index in [9.17, 15) is 9.59 Å². The maximum absolute atomic E-state index is 11.5. The number of nitrogens with two attached hydrogens (primary N) is 1. The van der Waals surface area contributed by atoms with Crippen LogP contribution in [0.2, 0.25) is 0 Å². The summed E-state index contributed by atoms with van der Waals surface area (Å²) in [4.78, 5) is 22.6. The molecule has 3 N–H and O–H groups in total. The second-order valence-electron chi connectivity index (χ2n) is 3.29. The summed E-state index contributed by atoms with van der Waals surface area (Å²) in [5, 5.41) is 2.49. The van der Waals surface area contributed by atoms with Crippen LogP contribution >= 0.6 is 0 Å². The Hall–Kier alpha value is -1.18. The monoisotopic (exact) mass is 248 g/mol. The quantitative estimate of drug-likeness (QED) is 0.407. The molecule has 7 nitrogen and oxygen atoms in total. The first-order valence-electron chi connectivity index (χ1n) is 5.28. The van der Waals surface area contributed by atoms with E-state index in [1.165, 1.54) is 14.2 Å². The standard InChI is InChI=1S/C10H20N2O5/c1-4-17-10(14)8(11)9(13)12-5-7(16-3)6-15-2/h7-8H,4-6,11H2,1-3H3,(H,12,13). The van der Waals surface area contributed by atoms with Gasteiger partial charge < -0.3 is 25.3 Å². The Morgan fingerprint density at radius 2 is 2.00 bits per heavy atom. The number of amides is 1. The predicted octanol–water partition coefficient (Wildman–Crippen LogP) is -1.35. The average Bonchev–Trinajstić information content (AvgIpc) is 2.33. The van der Waals surface area contributed by atoms with E-state index in [1.807, 2.05) is 0 Å². The van der Waals surface area contributed by atoms with Crippen molar-refractivity contribution in [1.82, 2.24) is 5.32 Å². The molecule has 2 unspecified atom stereocenters. The SMILES string of the molecule is CCOC(=O)C(N)C(=O)NCC(COC)OC. The normalized spacial score (nSPS) is 13.9. The van der Waals surface area contributed by atoms with E-state index in [2.05, 4.69) is 10.1 Å². The minimum absolute atomic E-state index is 0.185. The van der Waals surface area contributed by atoms with Gasteiger partial charge in [0.2, 0.25) is 5.91 Å². The molecule has 0 aromatic heterocycles. The van der Waals surface area contributed by atoms with Gasteiger partial charge in [-0.1, -0.05) is 0 Å².